The maximum absolute atomic E-state index is 10.6. The highest BCUT2D eigenvalue weighted by molar-refractivity contribution is 5.38. The van der Waals surface area contributed by atoms with E-state index in [0.29, 0.717) is 11.4 Å². The number of benzene rings is 1. The maximum atomic E-state index is 10.6. The molecule has 7 nitrogen and oxygen atoms in total. The van der Waals surface area contributed by atoms with E-state index in [0.717, 1.165) is 0 Å². The number of rotatable bonds is 4. The highest BCUT2D eigenvalue weighted by Gasteiger charge is 2.06. The molecule has 7 heteroatoms. The summed E-state index contributed by atoms with van der Waals surface area (Å²) < 4.78 is 5.39. The summed E-state index contributed by atoms with van der Waals surface area (Å²) in [6.45, 7) is 0.174. The van der Waals surface area contributed by atoms with Gasteiger partial charge in [0.1, 0.15) is 12.4 Å². The van der Waals surface area contributed by atoms with E-state index in [4.69, 9.17) is 10.5 Å². The molecule has 0 unspecified atom stereocenters. The zero-order valence-electron chi connectivity index (χ0n) is 9.31. The van der Waals surface area contributed by atoms with Gasteiger partial charge in [-0.3, -0.25) is 10.1 Å². The molecule has 0 saturated heterocycles. The first-order valence-corrected chi connectivity index (χ1v) is 5.10. The fourth-order valence-electron chi connectivity index (χ4n) is 1.34. The van der Waals surface area contributed by atoms with Crippen LogP contribution in [0.4, 0.5) is 11.6 Å². The van der Waals surface area contributed by atoms with E-state index >= 15 is 0 Å². The summed E-state index contributed by atoms with van der Waals surface area (Å²) in [6, 6.07) is 7.60. The molecule has 2 N–H and O–H groups in total. The molecule has 0 bridgehead atoms. The highest BCUT2D eigenvalue weighted by Crippen LogP contribution is 2.19. The lowest BCUT2D eigenvalue weighted by molar-refractivity contribution is -0.384. The Morgan fingerprint density at radius 1 is 1.39 bits per heavy atom. The molecular weight excluding hydrogens is 236 g/mol. The van der Waals surface area contributed by atoms with Crippen LogP contribution in [0.2, 0.25) is 0 Å². The van der Waals surface area contributed by atoms with Crippen LogP contribution in [-0.2, 0) is 6.61 Å². The van der Waals surface area contributed by atoms with Crippen molar-refractivity contribution in [3.8, 4) is 5.75 Å². The molecular formula is C11H10N4O3. The molecule has 1 aromatic carbocycles. The van der Waals surface area contributed by atoms with Gasteiger partial charge in [-0.05, 0) is 12.1 Å². The van der Waals surface area contributed by atoms with Crippen LogP contribution in [0.1, 0.15) is 5.69 Å². The van der Waals surface area contributed by atoms with Gasteiger partial charge in [-0.2, -0.15) is 0 Å². The molecule has 0 aliphatic heterocycles. The number of nitro benzene ring substituents is 1. The Morgan fingerprint density at radius 2 is 2.22 bits per heavy atom. The minimum atomic E-state index is -0.477. The number of aromatic nitrogens is 2. The Hall–Kier alpha value is -2.70. The van der Waals surface area contributed by atoms with Crippen molar-refractivity contribution in [3.05, 3.63) is 52.3 Å². The lowest BCUT2D eigenvalue weighted by Crippen LogP contribution is -2.02. The molecule has 0 saturated carbocycles. The van der Waals surface area contributed by atoms with Crippen molar-refractivity contribution in [2.45, 2.75) is 6.61 Å². The van der Waals surface area contributed by atoms with Crippen LogP contribution in [0.3, 0.4) is 0 Å². The number of ether oxygens (including phenoxy) is 1. The second-order valence-electron chi connectivity index (χ2n) is 3.45. The summed E-state index contributed by atoms with van der Waals surface area (Å²) >= 11 is 0. The molecule has 0 atom stereocenters. The minimum absolute atomic E-state index is 0.0188. The van der Waals surface area contributed by atoms with Crippen LogP contribution in [-0.4, -0.2) is 14.9 Å². The SMILES string of the molecule is Nc1nccc(COc2cccc([N+](=O)[O-])c2)n1. The smallest absolute Gasteiger partial charge is 0.273 e. The third kappa shape index (κ3) is 2.91. The average molecular weight is 246 g/mol. The van der Waals surface area contributed by atoms with Crippen molar-refractivity contribution in [2.75, 3.05) is 5.73 Å². The molecule has 0 amide bonds. The molecule has 92 valence electrons. The summed E-state index contributed by atoms with van der Waals surface area (Å²) in [5.41, 5.74) is 6.01. The second-order valence-corrected chi connectivity index (χ2v) is 3.45. The van der Waals surface area contributed by atoms with Crippen molar-refractivity contribution >= 4 is 11.6 Å². The van der Waals surface area contributed by atoms with Gasteiger partial charge in [-0.1, -0.05) is 6.07 Å². The van der Waals surface area contributed by atoms with E-state index in [1.165, 1.54) is 18.3 Å². The van der Waals surface area contributed by atoms with Crippen LogP contribution in [0.15, 0.2) is 36.5 Å². The van der Waals surface area contributed by atoms with Gasteiger partial charge in [0.05, 0.1) is 16.7 Å². The summed E-state index contributed by atoms with van der Waals surface area (Å²) in [6.07, 6.45) is 1.52. The van der Waals surface area contributed by atoms with E-state index in [9.17, 15) is 10.1 Å². The van der Waals surface area contributed by atoms with Gasteiger partial charge in [-0.25, -0.2) is 9.97 Å². The predicted octanol–water partition coefficient (Wildman–Crippen LogP) is 1.55. The molecule has 0 aliphatic rings. The van der Waals surface area contributed by atoms with Gasteiger partial charge in [0.15, 0.2) is 0 Å². The third-order valence-corrected chi connectivity index (χ3v) is 2.15. The van der Waals surface area contributed by atoms with Crippen molar-refractivity contribution < 1.29 is 9.66 Å². The minimum Gasteiger partial charge on any atom is -0.487 e. The van der Waals surface area contributed by atoms with Crippen LogP contribution >= 0.6 is 0 Å². The topological polar surface area (TPSA) is 104 Å². The Kier molecular flexibility index (Phi) is 3.33. The molecule has 0 spiro atoms. The first-order chi connectivity index (χ1) is 8.65. The summed E-state index contributed by atoms with van der Waals surface area (Å²) in [7, 11) is 0. The number of nitrogen functional groups attached to an aromatic ring is 1. The molecule has 1 heterocycles. The average Bonchev–Trinajstić information content (AvgIpc) is 2.37. The fourth-order valence-corrected chi connectivity index (χ4v) is 1.34. The second kappa shape index (κ2) is 5.09. The van der Waals surface area contributed by atoms with E-state index in [1.807, 2.05) is 0 Å². The van der Waals surface area contributed by atoms with Gasteiger partial charge in [-0.15, -0.1) is 0 Å². The molecule has 0 radical (unpaired) electrons. The van der Waals surface area contributed by atoms with Gasteiger partial charge in [0, 0.05) is 12.3 Å². The molecule has 1 aromatic heterocycles. The lowest BCUT2D eigenvalue weighted by atomic mass is 10.3. The van der Waals surface area contributed by atoms with Crippen LogP contribution in [0.25, 0.3) is 0 Å². The Bertz CT molecular complexity index is 574. The van der Waals surface area contributed by atoms with E-state index < -0.39 is 4.92 Å². The summed E-state index contributed by atoms with van der Waals surface area (Å²) in [4.78, 5) is 17.8. The van der Waals surface area contributed by atoms with Crippen molar-refractivity contribution in [1.29, 1.82) is 0 Å². The number of anilines is 1. The molecule has 2 rings (SSSR count). The van der Waals surface area contributed by atoms with E-state index in [-0.39, 0.29) is 18.2 Å². The van der Waals surface area contributed by atoms with Crippen LogP contribution < -0.4 is 10.5 Å². The van der Waals surface area contributed by atoms with Crippen LogP contribution in [0, 0.1) is 10.1 Å². The number of nitrogens with zero attached hydrogens (tertiary/aromatic N) is 3. The molecule has 0 aliphatic carbocycles. The van der Waals surface area contributed by atoms with Gasteiger partial charge < -0.3 is 10.5 Å². The molecule has 2 aromatic rings. The molecule has 18 heavy (non-hydrogen) atoms. The monoisotopic (exact) mass is 246 g/mol. The summed E-state index contributed by atoms with van der Waals surface area (Å²) in [5, 5.41) is 10.6. The first-order valence-electron chi connectivity index (χ1n) is 5.10. The Morgan fingerprint density at radius 3 is 2.94 bits per heavy atom. The van der Waals surface area contributed by atoms with Crippen LogP contribution in [0.5, 0.6) is 5.75 Å². The van der Waals surface area contributed by atoms with Crippen molar-refractivity contribution in [2.24, 2.45) is 0 Å². The Labute approximate surface area is 102 Å². The fraction of sp³-hybridized carbons (Fsp3) is 0.0909. The summed E-state index contributed by atoms with van der Waals surface area (Å²) in [5.74, 6) is 0.566. The number of nitrogens with two attached hydrogens (primary N) is 1. The van der Waals surface area contributed by atoms with E-state index in [2.05, 4.69) is 9.97 Å². The number of hydrogen-bond donors (Lipinski definition) is 1. The predicted molar refractivity (Wildman–Crippen MR) is 63.9 cm³/mol. The van der Waals surface area contributed by atoms with Gasteiger partial charge >= 0.3 is 0 Å². The third-order valence-electron chi connectivity index (χ3n) is 2.15. The standard InChI is InChI=1S/C11H10N4O3/c12-11-13-5-4-8(14-11)7-18-10-3-1-2-9(6-10)15(16)17/h1-6H,7H2,(H2,12,13,14). The van der Waals surface area contributed by atoms with Gasteiger partial charge in [0.2, 0.25) is 5.95 Å². The number of non-ortho nitro benzene ring substituents is 1. The lowest BCUT2D eigenvalue weighted by Gasteiger charge is -2.05. The number of hydrogen-bond acceptors (Lipinski definition) is 6. The molecule has 0 fully saturated rings. The van der Waals surface area contributed by atoms with Crippen molar-refractivity contribution in [3.63, 3.8) is 0 Å². The quantitative estimate of drug-likeness (QED) is 0.648. The van der Waals surface area contributed by atoms with E-state index in [1.54, 1.807) is 18.2 Å². The zero-order valence-corrected chi connectivity index (χ0v) is 9.31. The normalized spacial score (nSPS) is 10.0. The number of nitro groups is 1. The maximum Gasteiger partial charge on any atom is 0.273 e. The van der Waals surface area contributed by atoms with Crippen molar-refractivity contribution in [1.82, 2.24) is 9.97 Å². The highest BCUT2D eigenvalue weighted by atomic mass is 16.6. The Balaban J connectivity index is 2.06. The van der Waals surface area contributed by atoms with Gasteiger partial charge in [0.25, 0.3) is 5.69 Å². The zero-order chi connectivity index (χ0) is 13.0. The first kappa shape index (κ1) is 11.8. The largest absolute Gasteiger partial charge is 0.487 e.